The minimum absolute atomic E-state index is 0.0460. The van der Waals surface area contributed by atoms with Gasteiger partial charge in [0.25, 0.3) is 0 Å². The predicted molar refractivity (Wildman–Crippen MR) is 106 cm³/mol. The number of fused-ring (bicyclic) bond motifs is 1. The second-order valence-electron chi connectivity index (χ2n) is 7.94. The Kier molecular flexibility index (Phi) is 7.46. The number of carbonyl (C=O) groups is 3. The third kappa shape index (κ3) is 6.10. The van der Waals surface area contributed by atoms with Crippen LogP contribution in [0.25, 0.3) is 0 Å². The first kappa shape index (κ1) is 22.5. The fraction of sp³-hybridized carbons (Fsp3) is 0.476. The lowest BCUT2D eigenvalue weighted by atomic mass is 9.64. The van der Waals surface area contributed by atoms with Crippen molar-refractivity contribution in [2.45, 2.75) is 52.3 Å². The Hall–Kier alpha value is -2.79. The van der Waals surface area contributed by atoms with E-state index >= 15 is 0 Å². The zero-order valence-corrected chi connectivity index (χ0v) is 16.9. The molecule has 1 N–H and O–H groups in total. The predicted octanol–water partition coefficient (Wildman–Crippen LogP) is 2.55. The molecule has 0 fully saturated rings. The van der Waals surface area contributed by atoms with Crippen molar-refractivity contribution in [2.75, 3.05) is 6.79 Å². The van der Waals surface area contributed by atoms with E-state index in [4.69, 9.17) is 20.6 Å². The maximum atomic E-state index is 12.4. The highest BCUT2D eigenvalue weighted by Gasteiger charge is 2.37. The van der Waals surface area contributed by atoms with Gasteiger partial charge in [-0.1, -0.05) is 12.1 Å². The summed E-state index contributed by atoms with van der Waals surface area (Å²) in [7, 11) is -1.23. The van der Waals surface area contributed by atoms with E-state index in [2.05, 4.69) is 5.92 Å². The number of ether oxygens (including phenoxy) is 2. The molecule has 0 bridgehead atoms. The second kappa shape index (κ2) is 9.61. The summed E-state index contributed by atoms with van der Waals surface area (Å²) in [5.74, 6) is 0.922. The van der Waals surface area contributed by atoms with Crippen molar-refractivity contribution in [1.82, 2.24) is 0 Å². The molecule has 0 unspecified atom stereocenters. The van der Waals surface area contributed by atoms with Gasteiger partial charge in [0.1, 0.15) is 17.1 Å². The Balaban J connectivity index is 2.03. The maximum Gasteiger partial charge on any atom is 0.526 e. The average Bonchev–Trinajstić information content (AvgIpc) is 2.65. The van der Waals surface area contributed by atoms with Crippen molar-refractivity contribution in [1.29, 1.82) is 0 Å². The minimum atomic E-state index is -1.23. The molecule has 2 rings (SSSR count). The van der Waals surface area contributed by atoms with Crippen LogP contribution in [-0.2, 0) is 25.5 Å². The van der Waals surface area contributed by atoms with Gasteiger partial charge in [0.15, 0.2) is 0 Å². The summed E-state index contributed by atoms with van der Waals surface area (Å²) in [4.78, 5) is 36.1. The summed E-state index contributed by atoms with van der Waals surface area (Å²) in [5.41, 5.74) is 0.0923. The van der Waals surface area contributed by atoms with Crippen LogP contribution in [0.5, 0.6) is 5.75 Å². The Labute approximate surface area is 170 Å². The van der Waals surface area contributed by atoms with E-state index in [9.17, 15) is 19.4 Å². The zero-order chi connectivity index (χ0) is 21.6. The first-order valence-electron chi connectivity index (χ1n) is 9.39. The van der Waals surface area contributed by atoms with Gasteiger partial charge < -0.3 is 19.2 Å². The fourth-order valence-electron chi connectivity index (χ4n) is 2.86. The topological polar surface area (TPSA) is 99.1 Å². The summed E-state index contributed by atoms with van der Waals surface area (Å²) >= 11 is 0. The second-order valence-corrected chi connectivity index (χ2v) is 7.94. The van der Waals surface area contributed by atoms with Crippen LogP contribution in [0.3, 0.4) is 0 Å². The van der Waals surface area contributed by atoms with Gasteiger partial charge in [-0.05, 0) is 38.8 Å². The van der Waals surface area contributed by atoms with Crippen LogP contribution in [0, 0.1) is 17.8 Å². The van der Waals surface area contributed by atoms with E-state index in [0.717, 1.165) is 0 Å². The van der Waals surface area contributed by atoms with Crippen molar-refractivity contribution >= 4 is 24.8 Å². The molecule has 0 spiro atoms. The van der Waals surface area contributed by atoms with Crippen molar-refractivity contribution in [2.24, 2.45) is 5.41 Å². The van der Waals surface area contributed by atoms with E-state index in [1.807, 2.05) is 0 Å². The van der Waals surface area contributed by atoms with Crippen LogP contribution in [0.2, 0.25) is 5.82 Å². The van der Waals surface area contributed by atoms with Gasteiger partial charge in [0, 0.05) is 25.1 Å². The number of esters is 2. The van der Waals surface area contributed by atoms with Crippen molar-refractivity contribution in [3.05, 3.63) is 29.3 Å². The largest absolute Gasteiger partial charge is 0.535 e. The average molecular weight is 400 g/mol. The molecule has 1 aromatic rings. The van der Waals surface area contributed by atoms with Crippen LogP contribution in [0.1, 0.15) is 56.0 Å². The number of terminal acetylenes is 1. The van der Waals surface area contributed by atoms with E-state index in [1.54, 1.807) is 32.9 Å². The van der Waals surface area contributed by atoms with Crippen LogP contribution in [0.4, 0.5) is 0 Å². The lowest BCUT2D eigenvalue weighted by molar-refractivity contribution is -0.161. The first-order chi connectivity index (χ1) is 13.6. The number of rotatable bonds is 7. The van der Waals surface area contributed by atoms with Crippen molar-refractivity contribution in [3.8, 4) is 18.1 Å². The number of hydrogen-bond acceptors (Lipinski definition) is 7. The smallest absolute Gasteiger partial charge is 0.526 e. The van der Waals surface area contributed by atoms with Crippen LogP contribution < -0.4 is 4.65 Å². The van der Waals surface area contributed by atoms with Gasteiger partial charge >= 0.3 is 19.1 Å². The molecule has 1 atom stereocenters. The zero-order valence-electron chi connectivity index (χ0n) is 16.9. The number of para-hydroxylation sites is 1. The normalized spacial score (nSPS) is 15.6. The van der Waals surface area contributed by atoms with Gasteiger partial charge in [0.2, 0.25) is 6.79 Å². The minimum Gasteiger partial charge on any atom is -0.535 e. The summed E-state index contributed by atoms with van der Waals surface area (Å²) in [6.07, 6.45) is 6.29. The SMILES string of the molecule is C#CCCC(=O)C[C@H]1Cc2cccc(C(=O)OCOC(=O)C(C)(C)C)c2OB1O. The molecule has 0 radical (unpaired) electrons. The molecular weight excluding hydrogens is 375 g/mol. The van der Waals surface area contributed by atoms with E-state index < -0.39 is 37.1 Å². The van der Waals surface area contributed by atoms with E-state index in [-0.39, 0.29) is 29.9 Å². The number of carbonyl (C=O) groups excluding carboxylic acids is 3. The van der Waals surface area contributed by atoms with Crippen LogP contribution in [-0.4, -0.2) is 36.7 Å². The highest BCUT2D eigenvalue weighted by molar-refractivity contribution is 6.47. The van der Waals surface area contributed by atoms with Crippen molar-refractivity contribution < 1.29 is 33.5 Å². The molecule has 1 aromatic carbocycles. The molecule has 8 heteroatoms. The molecule has 1 aliphatic heterocycles. The molecule has 0 amide bonds. The molecular formula is C21H25BO7. The Bertz CT molecular complexity index is 819. The molecule has 1 aliphatic rings. The van der Waals surface area contributed by atoms with Gasteiger partial charge in [-0.25, -0.2) is 4.79 Å². The number of Topliss-reactive ketones (excluding diaryl/α,β-unsaturated/α-hetero) is 1. The Morgan fingerprint density at radius 3 is 2.69 bits per heavy atom. The molecule has 1 heterocycles. The monoisotopic (exact) mass is 400 g/mol. The lowest BCUT2D eigenvalue weighted by Gasteiger charge is -2.28. The quantitative estimate of drug-likeness (QED) is 0.325. The highest BCUT2D eigenvalue weighted by Crippen LogP contribution is 2.36. The molecule has 0 aromatic heterocycles. The molecule has 154 valence electrons. The molecule has 29 heavy (non-hydrogen) atoms. The third-order valence-electron chi connectivity index (χ3n) is 4.47. The lowest BCUT2D eigenvalue weighted by Crippen LogP contribution is -2.36. The first-order valence-corrected chi connectivity index (χ1v) is 9.39. The molecule has 0 saturated carbocycles. The summed E-state index contributed by atoms with van der Waals surface area (Å²) in [6, 6.07) is 4.92. The molecule has 0 saturated heterocycles. The summed E-state index contributed by atoms with van der Waals surface area (Å²) in [5, 5.41) is 10.3. The van der Waals surface area contributed by atoms with Gasteiger partial charge in [-0.3, -0.25) is 9.59 Å². The number of benzene rings is 1. The van der Waals surface area contributed by atoms with Crippen molar-refractivity contribution in [3.63, 3.8) is 0 Å². The van der Waals surface area contributed by atoms with Gasteiger partial charge in [-0.15, -0.1) is 12.3 Å². The Morgan fingerprint density at radius 2 is 2.03 bits per heavy atom. The molecule has 0 aliphatic carbocycles. The fourth-order valence-corrected chi connectivity index (χ4v) is 2.86. The Morgan fingerprint density at radius 1 is 1.31 bits per heavy atom. The van der Waals surface area contributed by atoms with Crippen LogP contribution >= 0.6 is 0 Å². The molecule has 7 nitrogen and oxygen atoms in total. The van der Waals surface area contributed by atoms with E-state index in [1.165, 1.54) is 6.07 Å². The third-order valence-corrected chi connectivity index (χ3v) is 4.47. The van der Waals surface area contributed by atoms with Crippen LogP contribution in [0.15, 0.2) is 18.2 Å². The summed E-state index contributed by atoms with van der Waals surface area (Å²) in [6.45, 7) is 4.54. The number of hydrogen-bond donors (Lipinski definition) is 1. The van der Waals surface area contributed by atoms with Gasteiger partial charge in [-0.2, -0.15) is 0 Å². The number of ketones is 1. The maximum absolute atomic E-state index is 12.4. The highest BCUT2D eigenvalue weighted by atomic mass is 16.7. The standard InChI is InChI=1S/C21H25BO7/c1-5-6-9-16(23)12-15-11-14-8-7-10-17(18(14)29-22(15)26)19(24)27-13-28-20(25)21(2,3)4/h1,7-8,10,15,26H,6,9,11-13H2,2-4H3/t15-/m1/s1. The summed E-state index contributed by atoms with van der Waals surface area (Å²) < 4.78 is 15.5. The van der Waals surface area contributed by atoms with Gasteiger partial charge in [0.05, 0.1) is 5.41 Å². The van der Waals surface area contributed by atoms with E-state index in [0.29, 0.717) is 18.4 Å².